The van der Waals surface area contributed by atoms with E-state index >= 15 is 0 Å². The molecule has 3 aromatic rings. The molecule has 2 amide bonds. The summed E-state index contributed by atoms with van der Waals surface area (Å²) in [5, 5.41) is 2.73. The van der Waals surface area contributed by atoms with E-state index < -0.39 is 11.6 Å². The largest absolute Gasteiger partial charge is 0.346 e. The van der Waals surface area contributed by atoms with Crippen molar-refractivity contribution in [2.24, 2.45) is 0 Å². The Bertz CT molecular complexity index is 1170. The zero-order valence-electron chi connectivity index (χ0n) is 17.9. The van der Waals surface area contributed by atoms with E-state index in [2.05, 4.69) is 10.3 Å². The van der Waals surface area contributed by atoms with Gasteiger partial charge in [0.05, 0.1) is 29.1 Å². The van der Waals surface area contributed by atoms with Gasteiger partial charge in [-0.2, -0.15) is 0 Å². The molecule has 0 atom stereocenters. The molecule has 0 bridgehead atoms. The normalized spacial score (nSPS) is 12.4. The lowest BCUT2D eigenvalue weighted by atomic mass is 9.96. The molecule has 0 saturated heterocycles. The van der Waals surface area contributed by atoms with Crippen molar-refractivity contribution in [3.05, 3.63) is 88.1 Å². The Balaban J connectivity index is 1.70. The lowest BCUT2D eigenvalue weighted by Gasteiger charge is -2.18. The first kappa shape index (κ1) is 21.6. The molecule has 2 heterocycles. The zero-order chi connectivity index (χ0) is 22.8. The number of carbonyl (C=O) groups excluding carboxylic acids is 2. The molecule has 1 aromatic heterocycles. The quantitative estimate of drug-likeness (QED) is 0.627. The maximum absolute atomic E-state index is 14.4. The number of hydrogen-bond acceptors (Lipinski definition) is 3. The summed E-state index contributed by atoms with van der Waals surface area (Å²) < 4.78 is 28.7. The SMILES string of the molecule is CCN(CC)C(=O)c1ccc(Cc2cc(-c3c(F)cccc3F)nc3c2C(=O)NC3)cc1. The number of rotatable bonds is 6. The van der Waals surface area contributed by atoms with Crippen LogP contribution in [0.3, 0.4) is 0 Å². The van der Waals surface area contributed by atoms with Crippen LogP contribution in [-0.4, -0.2) is 34.8 Å². The first-order valence-electron chi connectivity index (χ1n) is 10.6. The molecule has 0 unspecified atom stereocenters. The zero-order valence-corrected chi connectivity index (χ0v) is 17.9. The highest BCUT2D eigenvalue weighted by atomic mass is 19.1. The summed E-state index contributed by atoms with van der Waals surface area (Å²) in [5.74, 6) is -1.71. The van der Waals surface area contributed by atoms with Gasteiger partial charge in [0.15, 0.2) is 0 Å². The maximum atomic E-state index is 14.4. The predicted octanol–water partition coefficient (Wildman–Crippen LogP) is 4.34. The van der Waals surface area contributed by atoms with Crippen molar-refractivity contribution in [1.82, 2.24) is 15.2 Å². The van der Waals surface area contributed by atoms with Crippen LogP contribution < -0.4 is 5.32 Å². The molecule has 0 saturated carbocycles. The molecule has 2 aromatic carbocycles. The smallest absolute Gasteiger partial charge is 0.253 e. The Hall–Kier alpha value is -3.61. The van der Waals surface area contributed by atoms with Gasteiger partial charge in [-0.1, -0.05) is 18.2 Å². The number of nitrogens with one attached hydrogen (secondary N) is 1. The molecular weight excluding hydrogens is 412 g/mol. The third kappa shape index (κ3) is 3.98. The van der Waals surface area contributed by atoms with Crippen LogP contribution in [-0.2, 0) is 13.0 Å². The molecule has 1 aliphatic rings. The first-order valence-corrected chi connectivity index (χ1v) is 10.6. The number of amides is 2. The highest BCUT2D eigenvalue weighted by molar-refractivity contribution is 5.99. The fourth-order valence-electron chi connectivity index (χ4n) is 4.00. The van der Waals surface area contributed by atoms with Crippen molar-refractivity contribution in [1.29, 1.82) is 0 Å². The van der Waals surface area contributed by atoms with Gasteiger partial charge in [0.1, 0.15) is 11.6 Å². The summed E-state index contributed by atoms with van der Waals surface area (Å²) in [6.45, 7) is 5.33. The number of pyridine rings is 1. The van der Waals surface area contributed by atoms with Crippen LogP contribution in [0, 0.1) is 11.6 Å². The molecule has 0 aliphatic carbocycles. The monoisotopic (exact) mass is 435 g/mol. The fraction of sp³-hybridized carbons (Fsp3) is 0.240. The van der Waals surface area contributed by atoms with Crippen LogP contribution >= 0.6 is 0 Å². The molecule has 7 heteroatoms. The van der Waals surface area contributed by atoms with Gasteiger partial charge < -0.3 is 10.2 Å². The van der Waals surface area contributed by atoms with Crippen LogP contribution in [0.25, 0.3) is 11.3 Å². The number of aromatic nitrogens is 1. The minimum Gasteiger partial charge on any atom is -0.346 e. The Kier molecular flexibility index (Phi) is 5.99. The standard InChI is InChI=1S/C25H23F2N3O2/c1-3-30(4-2)25(32)16-10-8-15(9-11-16)12-17-13-20(23-18(26)6-5-7-19(23)27)29-21-14-28-24(31)22(17)21/h5-11,13H,3-4,12,14H2,1-2H3,(H,28,31). The van der Waals surface area contributed by atoms with Crippen LogP contribution in [0.15, 0.2) is 48.5 Å². The second-order valence-corrected chi connectivity index (χ2v) is 7.62. The van der Waals surface area contributed by atoms with E-state index in [0.717, 1.165) is 5.56 Å². The van der Waals surface area contributed by atoms with Crippen LogP contribution in [0.1, 0.15) is 51.4 Å². The van der Waals surface area contributed by atoms with Gasteiger partial charge in [0.2, 0.25) is 0 Å². The third-order valence-corrected chi connectivity index (χ3v) is 5.68. The molecule has 0 spiro atoms. The van der Waals surface area contributed by atoms with E-state index in [1.807, 2.05) is 26.0 Å². The Morgan fingerprint density at radius 2 is 1.69 bits per heavy atom. The molecule has 32 heavy (non-hydrogen) atoms. The fourth-order valence-corrected chi connectivity index (χ4v) is 4.00. The first-order chi connectivity index (χ1) is 15.4. The molecule has 0 fully saturated rings. The predicted molar refractivity (Wildman–Crippen MR) is 117 cm³/mol. The number of fused-ring (bicyclic) bond motifs is 1. The molecule has 4 rings (SSSR count). The average Bonchev–Trinajstić information content (AvgIpc) is 3.16. The minimum absolute atomic E-state index is 0.0388. The minimum atomic E-state index is -0.708. The summed E-state index contributed by atoms with van der Waals surface area (Å²) in [5.41, 5.74) is 2.94. The third-order valence-electron chi connectivity index (χ3n) is 5.68. The van der Waals surface area contributed by atoms with E-state index in [9.17, 15) is 18.4 Å². The molecule has 0 radical (unpaired) electrons. The molecular formula is C25H23F2N3O2. The summed E-state index contributed by atoms with van der Waals surface area (Å²) in [6.07, 6.45) is 0.362. The van der Waals surface area contributed by atoms with Crippen LogP contribution in [0.5, 0.6) is 0 Å². The number of carbonyl (C=O) groups is 2. The molecule has 164 valence electrons. The van der Waals surface area contributed by atoms with Gasteiger partial charge in [-0.15, -0.1) is 0 Å². The lowest BCUT2D eigenvalue weighted by Crippen LogP contribution is -2.30. The van der Waals surface area contributed by atoms with Crippen molar-refractivity contribution in [2.75, 3.05) is 13.1 Å². The molecule has 1 N–H and O–H groups in total. The molecule has 1 aliphatic heterocycles. The Labute approximate surface area is 185 Å². The molecule has 5 nitrogen and oxygen atoms in total. The topological polar surface area (TPSA) is 62.3 Å². The van der Waals surface area contributed by atoms with Gasteiger partial charge in [-0.25, -0.2) is 13.8 Å². The van der Waals surface area contributed by atoms with E-state index in [1.165, 1.54) is 18.2 Å². The average molecular weight is 435 g/mol. The van der Waals surface area contributed by atoms with Crippen LogP contribution in [0.4, 0.5) is 8.78 Å². The number of benzene rings is 2. The highest BCUT2D eigenvalue weighted by Crippen LogP contribution is 2.30. The lowest BCUT2D eigenvalue weighted by molar-refractivity contribution is 0.0772. The van der Waals surface area contributed by atoms with Gasteiger partial charge >= 0.3 is 0 Å². The van der Waals surface area contributed by atoms with Crippen LogP contribution in [0.2, 0.25) is 0 Å². The summed E-state index contributed by atoms with van der Waals surface area (Å²) in [6, 6.07) is 12.4. The summed E-state index contributed by atoms with van der Waals surface area (Å²) in [7, 11) is 0. The van der Waals surface area contributed by atoms with Crippen molar-refractivity contribution in [2.45, 2.75) is 26.8 Å². The van der Waals surface area contributed by atoms with Gasteiger partial charge in [0.25, 0.3) is 11.8 Å². The van der Waals surface area contributed by atoms with Gasteiger partial charge in [0, 0.05) is 18.7 Å². The van der Waals surface area contributed by atoms with E-state index in [1.54, 1.807) is 23.1 Å². The van der Waals surface area contributed by atoms with E-state index in [4.69, 9.17) is 0 Å². The Morgan fingerprint density at radius 3 is 2.31 bits per heavy atom. The highest BCUT2D eigenvalue weighted by Gasteiger charge is 2.26. The summed E-state index contributed by atoms with van der Waals surface area (Å²) in [4.78, 5) is 31.0. The van der Waals surface area contributed by atoms with Gasteiger partial charge in [-0.3, -0.25) is 9.59 Å². The van der Waals surface area contributed by atoms with Crippen molar-refractivity contribution in [3.8, 4) is 11.3 Å². The maximum Gasteiger partial charge on any atom is 0.253 e. The number of nitrogens with zero attached hydrogens (tertiary/aromatic N) is 2. The summed E-state index contributed by atoms with van der Waals surface area (Å²) >= 11 is 0. The Morgan fingerprint density at radius 1 is 1.03 bits per heavy atom. The van der Waals surface area contributed by atoms with E-state index in [-0.39, 0.29) is 29.6 Å². The van der Waals surface area contributed by atoms with Crippen molar-refractivity contribution < 1.29 is 18.4 Å². The van der Waals surface area contributed by atoms with Crippen molar-refractivity contribution >= 4 is 11.8 Å². The number of hydrogen-bond donors (Lipinski definition) is 1. The van der Waals surface area contributed by atoms with Gasteiger partial charge in [-0.05, 0) is 61.7 Å². The van der Waals surface area contributed by atoms with E-state index in [0.29, 0.717) is 41.9 Å². The second kappa shape index (κ2) is 8.86. The number of halogens is 2. The van der Waals surface area contributed by atoms with Crippen molar-refractivity contribution in [3.63, 3.8) is 0 Å². The second-order valence-electron chi connectivity index (χ2n) is 7.62.